The van der Waals surface area contributed by atoms with Gasteiger partial charge in [0.05, 0.1) is 19.4 Å². The third-order valence-corrected chi connectivity index (χ3v) is 15.3. The van der Waals surface area contributed by atoms with Gasteiger partial charge in [-0.25, -0.2) is 17.6 Å². The predicted octanol–water partition coefficient (Wildman–Crippen LogP) is 8.74. The number of carboxylic acid groups (broad SMARTS) is 1. The van der Waals surface area contributed by atoms with E-state index in [0.29, 0.717) is 39.9 Å². The van der Waals surface area contributed by atoms with Crippen LogP contribution in [0.5, 0.6) is 11.5 Å². The van der Waals surface area contributed by atoms with Crippen molar-refractivity contribution in [1.82, 2.24) is 0 Å². The van der Waals surface area contributed by atoms with E-state index in [1.54, 1.807) is 54.4 Å². The molecule has 79 heavy (non-hydrogen) atoms. The first kappa shape index (κ1) is 70.9. The van der Waals surface area contributed by atoms with Crippen LogP contribution in [-0.2, 0) is 57.6 Å². The molecule has 0 heterocycles. The molecule has 16 heteroatoms. The van der Waals surface area contributed by atoms with E-state index >= 15 is 0 Å². The van der Waals surface area contributed by atoms with Crippen LogP contribution in [0.3, 0.4) is 0 Å². The average Bonchev–Trinajstić information content (AvgIpc) is 3.37. The van der Waals surface area contributed by atoms with Crippen LogP contribution in [0.15, 0.2) is 121 Å². The Labute approximate surface area is 590 Å². The Morgan fingerprint density at radius 1 is 0.595 bits per heavy atom. The fraction of sp³-hybridized carbons (Fsp3) is 0.381. The minimum atomic E-state index is -1.04. The van der Waals surface area contributed by atoms with Gasteiger partial charge in [0.25, 0.3) is 6.47 Å². The quantitative estimate of drug-likeness (QED) is 0.0274. The standard InChI is InChI=1S/C30H32F2O3.C17H16F2O3.C15H21Br.CH2O3.2Cs.H/c1-29(2)11-12-30(3,4)27-13-19(5-10-26(27)29)18-35-24-8-6-20(7-9-24)25(17-28(33)34)21-14-22(31)16-23(32)15-21;1-2-22-17(21)10-16(11-3-5-15(20)6-4-11)12-7-13(18)9-14(19)8-12;1-14(2)7-8-15(3,4)13-9-11(10-16)5-6-12(13)14;2-1-4-3;;;/h5-10,13-16,25H,11-12,17-18H2,1-4H3,(H,33,34);3-9,16,20H,2,10H2,1H3;5-6,9H,7-8,10H2,1-4H3;1,3H;;;/q;;;;2*+1;-1/p-1. The molecule has 2 atom stereocenters. The normalized spacial score (nSPS) is 15.4. The summed E-state index contributed by atoms with van der Waals surface area (Å²) in [5, 5.41) is 28.1. The number of hydrogen-bond acceptors (Lipinski definition) is 8. The van der Waals surface area contributed by atoms with Gasteiger partial charge >= 0.3 is 150 Å². The number of carbonyl (C=O) groups excluding carboxylic acids is 2. The van der Waals surface area contributed by atoms with Crippen molar-refractivity contribution in [3.63, 3.8) is 0 Å². The van der Waals surface area contributed by atoms with E-state index < -0.39 is 47.0 Å². The smallest absolute Gasteiger partial charge is 1.00 e. The zero-order chi connectivity index (χ0) is 56.9. The zero-order valence-corrected chi connectivity index (χ0v) is 61.4. The average molecular weight is 1390 g/mol. The van der Waals surface area contributed by atoms with E-state index in [-0.39, 0.29) is 187 Å². The van der Waals surface area contributed by atoms with Crippen LogP contribution in [0, 0.1) is 23.3 Å². The van der Waals surface area contributed by atoms with Crippen LogP contribution in [0.1, 0.15) is 170 Å². The third kappa shape index (κ3) is 20.7. The molecule has 8 rings (SSSR count). The number of aliphatic carboxylic acids is 1. The molecule has 2 aliphatic carbocycles. The number of halogens is 5. The predicted molar refractivity (Wildman–Crippen MR) is 293 cm³/mol. The Kier molecular flexibility index (Phi) is 28.7. The van der Waals surface area contributed by atoms with Crippen LogP contribution >= 0.6 is 15.9 Å². The molecule has 9 nitrogen and oxygen atoms in total. The number of ether oxygens (including phenoxy) is 2. The Hall–Kier alpha value is -2.41. The molecule has 2 unspecified atom stereocenters. The Morgan fingerprint density at radius 3 is 1.37 bits per heavy atom. The molecule has 414 valence electrons. The molecule has 0 radical (unpaired) electrons. The number of rotatable bonds is 14. The van der Waals surface area contributed by atoms with E-state index in [0.717, 1.165) is 29.4 Å². The van der Waals surface area contributed by atoms with E-state index in [2.05, 4.69) is 113 Å². The molecule has 2 N–H and O–H groups in total. The number of benzene rings is 6. The van der Waals surface area contributed by atoms with Gasteiger partial charge in [0.1, 0.15) is 41.4 Å². The second-order valence-corrected chi connectivity index (χ2v) is 22.7. The fourth-order valence-corrected chi connectivity index (χ4v) is 10.4. The van der Waals surface area contributed by atoms with Crippen LogP contribution in [-0.4, -0.2) is 35.2 Å². The minimum Gasteiger partial charge on any atom is -1.00 e. The summed E-state index contributed by atoms with van der Waals surface area (Å²) >= 11 is 3.55. The van der Waals surface area contributed by atoms with Crippen LogP contribution in [0.25, 0.3) is 0 Å². The molecule has 0 amide bonds. The maximum atomic E-state index is 13.8. The van der Waals surface area contributed by atoms with Gasteiger partial charge in [-0.05, 0) is 158 Å². The number of aromatic hydroxyl groups is 1. The summed E-state index contributed by atoms with van der Waals surface area (Å²) in [5.41, 5.74) is 11.3. The number of phenolic OH excluding ortho intramolecular Hbond substituents is 1. The number of hydrogen-bond donors (Lipinski definition) is 2. The maximum Gasteiger partial charge on any atom is 1.00 e. The van der Waals surface area contributed by atoms with Crippen LogP contribution < -0.4 is 148 Å². The molecular weight excluding hydrogens is 1320 g/mol. The monoisotopic (exact) mass is 1390 g/mol. The number of fused-ring (bicyclic) bond motifs is 2. The molecule has 0 aromatic heterocycles. The van der Waals surface area contributed by atoms with Crippen LogP contribution in [0.2, 0.25) is 0 Å². The van der Waals surface area contributed by atoms with Gasteiger partial charge in [0, 0.05) is 29.3 Å². The maximum absolute atomic E-state index is 13.8. The first-order chi connectivity index (χ1) is 36.2. The molecule has 6 aromatic rings. The number of carbonyl (C=O) groups is 3. The molecule has 0 fully saturated rings. The fourth-order valence-electron chi connectivity index (χ4n) is 10.1. The summed E-state index contributed by atoms with van der Waals surface area (Å²) in [6.45, 7) is 20.8. The van der Waals surface area contributed by atoms with Crippen molar-refractivity contribution in [3.05, 3.63) is 200 Å². The molecule has 6 aromatic carbocycles. The number of carboxylic acids is 1. The molecule has 0 spiro atoms. The molecule has 0 saturated heterocycles. The first-order valence-corrected chi connectivity index (χ1v) is 26.7. The van der Waals surface area contributed by atoms with Crippen LogP contribution in [0.4, 0.5) is 17.6 Å². The Balaban J connectivity index is 0.000000417. The van der Waals surface area contributed by atoms with Gasteiger partial charge in [0.15, 0.2) is 0 Å². The van der Waals surface area contributed by atoms with Gasteiger partial charge in [0.2, 0.25) is 0 Å². The van der Waals surface area contributed by atoms with E-state index in [1.165, 1.54) is 72.4 Å². The first-order valence-electron chi connectivity index (χ1n) is 25.6. The van der Waals surface area contributed by atoms with Gasteiger partial charge in [-0.1, -0.05) is 132 Å². The van der Waals surface area contributed by atoms with Gasteiger partial charge in [-0.15, -0.1) is 0 Å². The van der Waals surface area contributed by atoms with Crippen molar-refractivity contribution in [3.8, 4) is 11.5 Å². The number of phenols is 1. The topological polar surface area (TPSA) is 142 Å². The molecule has 0 bridgehead atoms. The second kappa shape index (κ2) is 32.0. The van der Waals surface area contributed by atoms with Crippen molar-refractivity contribution in [1.29, 1.82) is 0 Å². The largest absolute Gasteiger partial charge is 1.00 e. The summed E-state index contributed by atoms with van der Waals surface area (Å²) in [4.78, 5) is 34.5. The molecular formula is C63H71BrCs2F4O9. The molecule has 0 saturated carbocycles. The van der Waals surface area contributed by atoms with E-state index in [9.17, 15) is 37.4 Å². The minimum absolute atomic E-state index is 0. The van der Waals surface area contributed by atoms with Gasteiger partial charge < -0.3 is 31.3 Å². The van der Waals surface area contributed by atoms with Gasteiger partial charge in [-0.3, -0.25) is 14.4 Å². The van der Waals surface area contributed by atoms with Crippen molar-refractivity contribution >= 4 is 34.3 Å². The van der Waals surface area contributed by atoms with Crippen molar-refractivity contribution < 1.29 is 201 Å². The Morgan fingerprint density at radius 2 is 0.975 bits per heavy atom. The number of esters is 1. The molecule has 0 aliphatic heterocycles. The Bertz CT molecular complexity index is 2930. The van der Waals surface area contributed by atoms with Crippen molar-refractivity contribution in [2.75, 3.05) is 6.61 Å². The molecule has 2 aliphatic rings. The summed E-state index contributed by atoms with van der Waals surface area (Å²) < 4.78 is 65.4. The van der Waals surface area contributed by atoms with Gasteiger partial charge in [-0.2, -0.15) is 0 Å². The van der Waals surface area contributed by atoms with E-state index in [4.69, 9.17) is 19.5 Å². The summed E-state index contributed by atoms with van der Waals surface area (Å²) in [6, 6.07) is 33.1. The van der Waals surface area contributed by atoms with Crippen molar-refractivity contribution in [2.45, 2.75) is 146 Å². The summed E-state index contributed by atoms with van der Waals surface area (Å²) in [5.74, 6) is -4.87. The zero-order valence-electron chi connectivity index (χ0n) is 48.3. The van der Waals surface area contributed by atoms with Crippen molar-refractivity contribution in [2.24, 2.45) is 0 Å². The third-order valence-electron chi connectivity index (χ3n) is 14.6. The SMILES string of the molecule is CC1(C)CCC(C)(C)c2cc(CBr)ccc21.CC1(C)CCC(C)(C)c2cc(COc3ccc(C(CC(=O)O)c4cc(F)cc(F)c4)cc3)ccc21.CCOC(=O)CC(c1ccc(O)cc1)c1cc(F)cc(F)c1.O=CO[O-].[Cs+].[Cs+].[H-]. The second-order valence-electron chi connectivity index (χ2n) is 22.2. The van der Waals surface area contributed by atoms with E-state index in [1.807, 2.05) is 0 Å². The summed E-state index contributed by atoms with van der Waals surface area (Å²) in [6.07, 6.45) is 4.58. The summed E-state index contributed by atoms with van der Waals surface area (Å²) in [7, 11) is 0. The number of alkyl halides is 1.